The molecular weight excluding hydrogens is 282 g/mol. The van der Waals surface area contributed by atoms with Crippen molar-refractivity contribution in [3.8, 4) is 0 Å². The molecule has 22 heavy (non-hydrogen) atoms. The van der Waals surface area contributed by atoms with Crippen LogP contribution >= 0.6 is 0 Å². The minimum Gasteiger partial charge on any atom is -0.376 e. The third-order valence-corrected chi connectivity index (χ3v) is 4.63. The maximum atomic E-state index is 5.64. The number of rotatable bonds is 2. The van der Waals surface area contributed by atoms with Crippen molar-refractivity contribution in [1.29, 1.82) is 0 Å². The third kappa shape index (κ3) is 2.64. The highest BCUT2D eigenvalue weighted by Gasteiger charge is 2.28. The van der Waals surface area contributed by atoms with Crippen molar-refractivity contribution in [3.05, 3.63) is 12.1 Å². The van der Waals surface area contributed by atoms with Crippen LogP contribution in [0.25, 0.3) is 5.65 Å². The first-order valence-corrected chi connectivity index (χ1v) is 7.95. The number of nitrogens with zero attached hydrogens (tertiary/aromatic N) is 7. The summed E-state index contributed by atoms with van der Waals surface area (Å²) in [7, 11) is 0. The van der Waals surface area contributed by atoms with Gasteiger partial charge in [0.25, 0.3) is 0 Å². The number of hydrogen-bond acceptors (Lipinski definition) is 7. The quantitative estimate of drug-likeness (QED) is 0.785. The molecule has 4 heterocycles. The first-order chi connectivity index (χ1) is 10.8. The number of aromatic nitrogens is 5. The Hall–Kier alpha value is -1.80. The van der Waals surface area contributed by atoms with E-state index >= 15 is 0 Å². The Kier molecular flexibility index (Phi) is 3.63. The zero-order valence-electron chi connectivity index (χ0n) is 12.8. The summed E-state index contributed by atoms with van der Waals surface area (Å²) in [5.41, 5.74) is 0.681. The summed E-state index contributed by atoms with van der Waals surface area (Å²) in [6.07, 6.45) is 2.69. The summed E-state index contributed by atoms with van der Waals surface area (Å²) >= 11 is 0. The van der Waals surface area contributed by atoms with E-state index in [-0.39, 0.29) is 0 Å². The summed E-state index contributed by atoms with van der Waals surface area (Å²) < 4.78 is 7.13. The first-order valence-electron chi connectivity index (χ1n) is 7.95. The van der Waals surface area contributed by atoms with Gasteiger partial charge in [0.15, 0.2) is 11.5 Å². The van der Waals surface area contributed by atoms with E-state index in [1.807, 2.05) is 12.1 Å². The van der Waals surface area contributed by atoms with E-state index in [1.165, 1.54) is 17.5 Å². The van der Waals surface area contributed by atoms with Crippen molar-refractivity contribution < 1.29 is 4.74 Å². The lowest BCUT2D eigenvalue weighted by molar-refractivity contribution is -0.0373. The summed E-state index contributed by atoms with van der Waals surface area (Å²) in [5, 5.41) is 15.9. The van der Waals surface area contributed by atoms with Gasteiger partial charge in [0.1, 0.15) is 0 Å². The minimum atomic E-state index is 0.357. The van der Waals surface area contributed by atoms with Crippen LogP contribution in [-0.4, -0.2) is 75.1 Å². The molecule has 0 N–H and O–H groups in total. The molecular formula is C14H21N7O. The molecule has 1 atom stereocenters. The Bertz CT molecular complexity index is 637. The van der Waals surface area contributed by atoms with Gasteiger partial charge in [0, 0.05) is 32.2 Å². The lowest BCUT2D eigenvalue weighted by Gasteiger charge is -2.41. The molecule has 2 saturated heterocycles. The molecule has 0 amide bonds. The lowest BCUT2D eigenvalue weighted by Crippen LogP contribution is -2.51. The van der Waals surface area contributed by atoms with E-state index in [1.54, 1.807) is 0 Å². The van der Waals surface area contributed by atoms with Crippen molar-refractivity contribution in [1.82, 2.24) is 30.2 Å². The summed E-state index contributed by atoms with van der Waals surface area (Å²) in [5.74, 6) is 0.952. The number of hydrogen-bond donors (Lipinski definition) is 0. The molecule has 2 aliphatic rings. The molecule has 118 valence electrons. The zero-order valence-corrected chi connectivity index (χ0v) is 12.8. The molecule has 0 spiro atoms. The molecule has 0 radical (unpaired) electrons. The van der Waals surface area contributed by atoms with Gasteiger partial charge in [0.2, 0.25) is 0 Å². The summed E-state index contributed by atoms with van der Waals surface area (Å²) in [6.45, 7) is 7.18. The van der Waals surface area contributed by atoms with Crippen LogP contribution in [0.4, 0.5) is 5.82 Å². The van der Waals surface area contributed by atoms with Crippen LogP contribution in [0.1, 0.15) is 19.8 Å². The number of piperidine rings is 1. The molecule has 0 aromatic carbocycles. The van der Waals surface area contributed by atoms with Gasteiger partial charge in [-0.25, -0.2) is 0 Å². The van der Waals surface area contributed by atoms with E-state index in [2.05, 4.69) is 37.3 Å². The highest BCUT2D eigenvalue weighted by Crippen LogP contribution is 2.22. The van der Waals surface area contributed by atoms with Gasteiger partial charge in [-0.05, 0) is 42.3 Å². The van der Waals surface area contributed by atoms with Crippen molar-refractivity contribution in [2.75, 3.05) is 37.7 Å². The van der Waals surface area contributed by atoms with Crippen LogP contribution in [0.5, 0.6) is 0 Å². The maximum Gasteiger partial charge on any atom is 0.200 e. The standard InChI is InChI=1S/C14H21N7O/c1-11-10-20(8-9-22-11)12-4-6-19(7-5-12)14-3-2-13-15-17-18-21(13)16-14/h2-3,11-12H,4-10H2,1H3/t11-/m1/s1. The van der Waals surface area contributed by atoms with Gasteiger partial charge in [-0.1, -0.05) is 0 Å². The second-order valence-corrected chi connectivity index (χ2v) is 6.11. The predicted molar refractivity (Wildman–Crippen MR) is 80.8 cm³/mol. The van der Waals surface area contributed by atoms with Crippen LogP contribution in [0.3, 0.4) is 0 Å². The van der Waals surface area contributed by atoms with Crippen LogP contribution in [0, 0.1) is 0 Å². The molecule has 0 aliphatic carbocycles. The highest BCUT2D eigenvalue weighted by atomic mass is 16.5. The Morgan fingerprint density at radius 2 is 2.05 bits per heavy atom. The van der Waals surface area contributed by atoms with Gasteiger partial charge in [0.05, 0.1) is 12.7 Å². The Balaban J connectivity index is 1.40. The average molecular weight is 303 g/mol. The smallest absolute Gasteiger partial charge is 0.200 e. The van der Waals surface area contributed by atoms with Gasteiger partial charge >= 0.3 is 0 Å². The molecule has 0 unspecified atom stereocenters. The van der Waals surface area contributed by atoms with Crippen LogP contribution in [0.2, 0.25) is 0 Å². The highest BCUT2D eigenvalue weighted by molar-refractivity contribution is 5.44. The Morgan fingerprint density at radius 3 is 2.86 bits per heavy atom. The minimum absolute atomic E-state index is 0.357. The molecule has 2 aliphatic heterocycles. The fraction of sp³-hybridized carbons (Fsp3) is 0.714. The van der Waals surface area contributed by atoms with E-state index in [4.69, 9.17) is 4.74 Å². The largest absolute Gasteiger partial charge is 0.376 e. The van der Waals surface area contributed by atoms with E-state index < -0.39 is 0 Å². The Morgan fingerprint density at radius 1 is 1.18 bits per heavy atom. The van der Waals surface area contributed by atoms with Crippen LogP contribution in [-0.2, 0) is 4.74 Å². The number of tetrazole rings is 1. The molecule has 8 nitrogen and oxygen atoms in total. The lowest BCUT2D eigenvalue weighted by atomic mass is 10.0. The summed E-state index contributed by atoms with van der Waals surface area (Å²) in [4.78, 5) is 4.91. The third-order valence-electron chi connectivity index (χ3n) is 4.63. The molecule has 2 aromatic heterocycles. The molecule has 4 rings (SSSR count). The van der Waals surface area contributed by atoms with Crippen LogP contribution in [0.15, 0.2) is 12.1 Å². The fourth-order valence-corrected chi connectivity index (χ4v) is 3.45. The zero-order chi connectivity index (χ0) is 14.9. The first kappa shape index (κ1) is 13.8. The van der Waals surface area contributed by atoms with Gasteiger partial charge < -0.3 is 9.64 Å². The van der Waals surface area contributed by atoms with Gasteiger partial charge in [-0.2, -0.15) is 0 Å². The SMILES string of the molecule is C[C@@H]1CN(C2CCN(c3ccc4nnnn4n3)CC2)CCO1. The molecule has 0 saturated carbocycles. The van der Waals surface area contributed by atoms with E-state index in [0.29, 0.717) is 17.8 Å². The van der Waals surface area contributed by atoms with Gasteiger partial charge in [-0.3, -0.25) is 4.90 Å². The van der Waals surface area contributed by atoms with Crippen molar-refractivity contribution >= 4 is 11.5 Å². The number of anilines is 1. The van der Waals surface area contributed by atoms with Crippen molar-refractivity contribution in [3.63, 3.8) is 0 Å². The Labute approximate surface area is 129 Å². The number of morpholine rings is 1. The molecule has 2 aromatic rings. The van der Waals surface area contributed by atoms with Crippen molar-refractivity contribution in [2.24, 2.45) is 0 Å². The topological polar surface area (TPSA) is 71.7 Å². The van der Waals surface area contributed by atoms with Gasteiger partial charge in [-0.15, -0.1) is 14.8 Å². The molecule has 0 bridgehead atoms. The molecule has 2 fully saturated rings. The predicted octanol–water partition coefficient (Wildman–Crippen LogP) is 0.209. The fourth-order valence-electron chi connectivity index (χ4n) is 3.45. The number of ether oxygens (including phenoxy) is 1. The number of fused-ring (bicyclic) bond motifs is 1. The second-order valence-electron chi connectivity index (χ2n) is 6.11. The van der Waals surface area contributed by atoms with E-state index in [0.717, 1.165) is 38.6 Å². The van der Waals surface area contributed by atoms with Crippen LogP contribution < -0.4 is 4.90 Å². The average Bonchev–Trinajstić information content (AvgIpc) is 3.02. The normalized spacial score (nSPS) is 25.0. The summed E-state index contributed by atoms with van der Waals surface area (Å²) in [6, 6.07) is 4.58. The van der Waals surface area contributed by atoms with Crippen molar-refractivity contribution in [2.45, 2.75) is 31.9 Å². The van der Waals surface area contributed by atoms with E-state index in [9.17, 15) is 0 Å². The molecule has 8 heteroatoms. The maximum absolute atomic E-state index is 5.64. The monoisotopic (exact) mass is 303 g/mol. The second kappa shape index (κ2) is 5.77.